The second-order valence-electron chi connectivity index (χ2n) is 4.94. The van der Waals surface area contributed by atoms with Crippen LogP contribution in [0.3, 0.4) is 0 Å². The van der Waals surface area contributed by atoms with Gasteiger partial charge < -0.3 is 9.84 Å². The first-order chi connectivity index (χ1) is 11.1. The Bertz CT molecular complexity index is 701. The molecular formula is C15H14ClN3O3S. The number of carbonyl (C=O) groups is 2. The largest absolute Gasteiger partial charge is 0.360 e. The molecule has 1 saturated heterocycles. The number of nitrogens with one attached hydrogen (secondary N) is 1. The molecule has 0 radical (unpaired) electrons. The molecule has 0 saturated carbocycles. The second kappa shape index (κ2) is 7.06. The fourth-order valence-corrected chi connectivity index (χ4v) is 3.07. The van der Waals surface area contributed by atoms with Crippen molar-refractivity contribution in [1.29, 1.82) is 0 Å². The van der Waals surface area contributed by atoms with Gasteiger partial charge in [0.15, 0.2) is 0 Å². The molecule has 6 nitrogen and oxygen atoms in total. The van der Waals surface area contributed by atoms with Crippen LogP contribution in [-0.2, 0) is 10.5 Å². The molecule has 120 valence electrons. The molecule has 0 spiro atoms. The van der Waals surface area contributed by atoms with E-state index in [9.17, 15) is 9.59 Å². The van der Waals surface area contributed by atoms with Gasteiger partial charge in [-0.15, -0.1) is 0 Å². The number of urea groups is 1. The molecule has 3 rings (SSSR count). The van der Waals surface area contributed by atoms with Crippen LogP contribution in [0, 0.1) is 0 Å². The normalized spacial score (nSPS) is 14.4. The van der Waals surface area contributed by atoms with E-state index in [1.165, 1.54) is 4.90 Å². The molecule has 1 aromatic carbocycles. The average molecular weight is 352 g/mol. The highest BCUT2D eigenvalue weighted by Crippen LogP contribution is 2.23. The third kappa shape index (κ3) is 3.86. The summed E-state index contributed by atoms with van der Waals surface area (Å²) in [6, 6.07) is 8.93. The highest BCUT2D eigenvalue weighted by molar-refractivity contribution is 7.98. The molecule has 1 fully saturated rings. The van der Waals surface area contributed by atoms with Gasteiger partial charge in [0.2, 0.25) is 5.91 Å². The Morgan fingerprint density at radius 1 is 1.30 bits per heavy atom. The molecule has 1 aromatic heterocycles. The topological polar surface area (TPSA) is 75.4 Å². The number of benzene rings is 1. The molecule has 1 aliphatic heterocycles. The van der Waals surface area contributed by atoms with Gasteiger partial charge in [-0.1, -0.05) is 28.9 Å². The minimum Gasteiger partial charge on any atom is -0.360 e. The molecule has 23 heavy (non-hydrogen) atoms. The molecule has 1 N–H and O–H groups in total. The number of rotatable bonds is 6. The molecular weight excluding hydrogens is 338 g/mol. The van der Waals surface area contributed by atoms with E-state index in [0.29, 0.717) is 23.1 Å². The Kier molecular flexibility index (Phi) is 4.88. The summed E-state index contributed by atoms with van der Waals surface area (Å²) in [6.07, 6.45) is 0. The summed E-state index contributed by atoms with van der Waals surface area (Å²) in [5.74, 6) is 1.85. The Labute approximate surface area is 142 Å². The molecule has 2 heterocycles. The molecule has 2 aromatic rings. The first kappa shape index (κ1) is 15.9. The number of hydrogen-bond acceptors (Lipinski definition) is 5. The fraction of sp³-hybridized carbons (Fsp3) is 0.267. The summed E-state index contributed by atoms with van der Waals surface area (Å²) in [6.45, 7) is 0.490. The van der Waals surface area contributed by atoms with Crippen LogP contribution in [0.4, 0.5) is 4.79 Å². The van der Waals surface area contributed by atoms with Crippen molar-refractivity contribution in [3.8, 4) is 11.3 Å². The predicted octanol–water partition coefficient (Wildman–Crippen LogP) is 2.78. The SMILES string of the molecule is O=C1CNC(=O)N1CCSCc1cc(-c2ccc(Cl)cc2)no1. The number of nitrogens with zero attached hydrogens (tertiary/aromatic N) is 2. The van der Waals surface area contributed by atoms with Gasteiger partial charge >= 0.3 is 6.03 Å². The van der Waals surface area contributed by atoms with Crippen LogP contribution in [0.15, 0.2) is 34.9 Å². The van der Waals surface area contributed by atoms with Crippen molar-refractivity contribution >= 4 is 35.3 Å². The van der Waals surface area contributed by atoms with Gasteiger partial charge in [0.1, 0.15) is 11.5 Å². The maximum Gasteiger partial charge on any atom is 0.324 e. The van der Waals surface area contributed by atoms with Crippen molar-refractivity contribution in [2.75, 3.05) is 18.8 Å². The van der Waals surface area contributed by atoms with Crippen molar-refractivity contribution in [3.05, 3.63) is 41.1 Å². The molecule has 8 heteroatoms. The van der Waals surface area contributed by atoms with Crippen molar-refractivity contribution in [2.45, 2.75) is 5.75 Å². The van der Waals surface area contributed by atoms with Crippen LogP contribution < -0.4 is 5.32 Å². The van der Waals surface area contributed by atoms with E-state index in [-0.39, 0.29) is 18.5 Å². The minimum atomic E-state index is -0.319. The second-order valence-corrected chi connectivity index (χ2v) is 6.48. The average Bonchev–Trinajstić information content (AvgIpc) is 3.13. The minimum absolute atomic E-state index is 0.0933. The number of amides is 3. The van der Waals surface area contributed by atoms with Gasteiger partial charge in [-0.05, 0) is 12.1 Å². The van der Waals surface area contributed by atoms with Crippen molar-refractivity contribution in [2.24, 2.45) is 0 Å². The highest BCUT2D eigenvalue weighted by Gasteiger charge is 2.27. The molecule has 0 unspecified atom stereocenters. The van der Waals surface area contributed by atoms with Gasteiger partial charge in [0.25, 0.3) is 0 Å². The van der Waals surface area contributed by atoms with Crippen LogP contribution in [0.5, 0.6) is 0 Å². The molecule has 0 atom stereocenters. The number of halogens is 1. The zero-order chi connectivity index (χ0) is 16.2. The van der Waals surface area contributed by atoms with Crippen molar-refractivity contribution in [1.82, 2.24) is 15.4 Å². The third-order valence-corrected chi connectivity index (χ3v) is 4.55. The predicted molar refractivity (Wildman–Crippen MR) is 88.2 cm³/mol. The van der Waals surface area contributed by atoms with Gasteiger partial charge in [-0.3, -0.25) is 9.69 Å². The number of imide groups is 1. The Morgan fingerprint density at radius 2 is 2.09 bits per heavy atom. The summed E-state index contributed by atoms with van der Waals surface area (Å²) in [4.78, 5) is 24.0. The quantitative estimate of drug-likeness (QED) is 0.639. The zero-order valence-electron chi connectivity index (χ0n) is 12.1. The summed E-state index contributed by atoms with van der Waals surface area (Å²) in [5.41, 5.74) is 1.69. The van der Waals surface area contributed by atoms with Crippen LogP contribution in [0.25, 0.3) is 11.3 Å². The van der Waals surface area contributed by atoms with Gasteiger partial charge in [-0.2, -0.15) is 11.8 Å². The first-order valence-corrected chi connectivity index (χ1v) is 8.54. The van der Waals surface area contributed by atoms with Crippen LogP contribution >= 0.6 is 23.4 Å². The molecule has 1 aliphatic rings. The van der Waals surface area contributed by atoms with E-state index >= 15 is 0 Å². The number of carbonyl (C=O) groups excluding carboxylic acids is 2. The lowest BCUT2D eigenvalue weighted by Crippen LogP contribution is -2.32. The van der Waals surface area contributed by atoms with Crippen LogP contribution in [0.2, 0.25) is 5.02 Å². The first-order valence-electron chi connectivity index (χ1n) is 7.01. The monoisotopic (exact) mass is 351 g/mol. The number of hydrogen-bond donors (Lipinski definition) is 1. The van der Waals surface area contributed by atoms with Gasteiger partial charge in [-0.25, -0.2) is 4.79 Å². The van der Waals surface area contributed by atoms with E-state index < -0.39 is 0 Å². The Morgan fingerprint density at radius 3 is 2.78 bits per heavy atom. The lowest BCUT2D eigenvalue weighted by atomic mass is 10.1. The lowest BCUT2D eigenvalue weighted by molar-refractivity contribution is -0.124. The Hall–Kier alpha value is -1.99. The van der Waals surface area contributed by atoms with Crippen LogP contribution in [0.1, 0.15) is 5.76 Å². The van der Waals surface area contributed by atoms with Crippen molar-refractivity contribution in [3.63, 3.8) is 0 Å². The third-order valence-electron chi connectivity index (χ3n) is 3.34. The lowest BCUT2D eigenvalue weighted by Gasteiger charge is -2.10. The summed E-state index contributed by atoms with van der Waals surface area (Å²) in [5, 5.41) is 7.20. The maximum absolute atomic E-state index is 11.4. The van der Waals surface area contributed by atoms with Crippen LogP contribution in [-0.4, -0.2) is 40.8 Å². The van der Waals surface area contributed by atoms with Gasteiger partial charge in [0, 0.05) is 29.0 Å². The number of aromatic nitrogens is 1. The van der Waals surface area contributed by atoms with Crippen molar-refractivity contribution < 1.29 is 14.1 Å². The maximum atomic E-state index is 11.4. The summed E-state index contributed by atoms with van der Waals surface area (Å²) < 4.78 is 5.30. The molecule has 3 amide bonds. The van der Waals surface area contributed by atoms with E-state index in [2.05, 4.69) is 10.5 Å². The zero-order valence-corrected chi connectivity index (χ0v) is 13.7. The van der Waals surface area contributed by atoms with E-state index in [1.807, 2.05) is 18.2 Å². The smallest absolute Gasteiger partial charge is 0.324 e. The van der Waals surface area contributed by atoms with E-state index in [0.717, 1.165) is 17.0 Å². The molecule has 0 aliphatic carbocycles. The van der Waals surface area contributed by atoms with E-state index in [1.54, 1.807) is 23.9 Å². The Balaban J connectivity index is 1.49. The fourth-order valence-electron chi connectivity index (χ4n) is 2.15. The van der Waals surface area contributed by atoms with Gasteiger partial charge in [0.05, 0.1) is 12.3 Å². The summed E-state index contributed by atoms with van der Waals surface area (Å²) >= 11 is 7.44. The standard InChI is InChI=1S/C15H14ClN3O3S/c16-11-3-1-10(2-4-11)13-7-12(22-18-13)9-23-6-5-19-14(20)8-17-15(19)21/h1-4,7H,5-6,8-9H2,(H,17,21). The molecule has 0 bridgehead atoms. The van der Waals surface area contributed by atoms with E-state index in [4.69, 9.17) is 16.1 Å². The number of thioether (sulfide) groups is 1. The summed E-state index contributed by atoms with van der Waals surface area (Å²) in [7, 11) is 0. The highest BCUT2D eigenvalue weighted by atomic mass is 35.5.